The molecule has 0 bridgehead atoms. The first-order valence-corrected chi connectivity index (χ1v) is 6.99. The highest BCUT2D eigenvalue weighted by Crippen LogP contribution is 2.24. The summed E-state index contributed by atoms with van der Waals surface area (Å²) in [7, 11) is 0. The number of carbonyl (C=O) groups is 1. The first kappa shape index (κ1) is 15.7. The molecule has 0 radical (unpaired) electrons. The molecule has 1 aromatic carbocycles. The second-order valence-corrected chi connectivity index (χ2v) is 5.20. The van der Waals surface area contributed by atoms with Gasteiger partial charge in [-0.05, 0) is 19.1 Å². The van der Waals surface area contributed by atoms with Gasteiger partial charge in [-0.25, -0.2) is 4.39 Å². The van der Waals surface area contributed by atoms with Crippen molar-refractivity contribution in [2.24, 2.45) is 0 Å². The number of hydrogen-bond donors (Lipinski definition) is 2. The van der Waals surface area contributed by atoms with Crippen molar-refractivity contribution in [1.82, 2.24) is 5.32 Å². The zero-order valence-electron chi connectivity index (χ0n) is 12.0. The third-order valence-corrected chi connectivity index (χ3v) is 3.65. The third kappa shape index (κ3) is 4.41. The Morgan fingerprint density at radius 3 is 3.10 bits per heavy atom. The van der Waals surface area contributed by atoms with Crippen LogP contribution in [0.5, 0.6) is 5.75 Å². The van der Waals surface area contributed by atoms with Gasteiger partial charge >= 0.3 is 0 Å². The molecule has 1 fully saturated rings. The third-order valence-electron chi connectivity index (χ3n) is 3.65. The van der Waals surface area contributed by atoms with E-state index in [-0.39, 0.29) is 37.4 Å². The average Bonchev–Trinajstić information content (AvgIpc) is 2.77. The van der Waals surface area contributed by atoms with Crippen molar-refractivity contribution in [3.63, 3.8) is 0 Å². The molecule has 2 rings (SSSR count). The Balaban J connectivity index is 1.68. The summed E-state index contributed by atoms with van der Waals surface area (Å²) in [5.41, 5.74) is -1.00. The van der Waals surface area contributed by atoms with Crippen LogP contribution >= 0.6 is 0 Å². The average molecular weight is 297 g/mol. The molecule has 0 aliphatic carbocycles. The molecule has 1 aliphatic rings. The van der Waals surface area contributed by atoms with Crippen molar-refractivity contribution in [2.75, 3.05) is 19.8 Å². The van der Waals surface area contributed by atoms with Gasteiger partial charge in [0.1, 0.15) is 17.2 Å². The van der Waals surface area contributed by atoms with Crippen LogP contribution in [0.4, 0.5) is 4.39 Å². The fourth-order valence-electron chi connectivity index (χ4n) is 2.16. The van der Waals surface area contributed by atoms with Gasteiger partial charge < -0.3 is 19.9 Å². The predicted molar refractivity (Wildman–Crippen MR) is 74.5 cm³/mol. The van der Waals surface area contributed by atoms with E-state index in [1.54, 1.807) is 19.1 Å². The van der Waals surface area contributed by atoms with Gasteiger partial charge in [-0.15, -0.1) is 0 Å². The Hall–Kier alpha value is -1.66. The highest BCUT2D eigenvalue weighted by atomic mass is 19.1. The molecule has 116 valence electrons. The molecule has 1 aliphatic heterocycles. The number of ether oxygens (including phenoxy) is 2. The van der Waals surface area contributed by atoms with E-state index in [2.05, 4.69) is 5.32 Å². The van der Waals surface area contributed by atoms with Gasteiger partial charge in [-0.3, -0.25) is 4.79 Å². The van der Waals surface area contributed by atoms with Crippen LogP contribution < -0.4 is 10.1 Å². The Labute approximate surface area is 123 Å². The van der Waals surface area contributed by atoms with Crippen molar-refractivity contribution in [2.45, 2.75) is 31.5 Å². The summed E-state index contributed by atoms with van der Waals surface area (Å²) in [4.78, 5) is 11.7. The van der Waals surface area contributed by atoms with Gasteiger partial charge in [-0.1, -0.05) is 6.07 Å². The summed E-state index contributed by atoms with van der Waals surface area (Å²) < 4.78 is 23.5. The van der Waals surface area contributed by atoms with Gasteiger partial charge in [0.25, 0.3) is 0 Å². The van der Waals surface area contributed by atoms with Gasteiger partial charge in [0.2, 0.25) is 5.91 Å². The minimum Gasteiger partial charge on any atom is -0.493 e. The van der Waals surface area contributed by atoms with E-state index in [4.69, 9.17) is 9.47 Å². The standard InChI is InChI=1S/C15H20FNO4/c1-11-15(19,6-8-20-11)10-17-14(18)5-7-21-13-4-2-3-12(16)9-13/h2-4,9,11,19H,5-8,10H2,1H3,(H,17,18). The summed E-state index contributed by atoms with van der Waals surface area (Å²) in [6.45, 7) is 2.59. The van der Waals surface area contributed by atoms with Gasteiger partial charge in [-0.2, -0.15) is 0 Å². The number of nitrogens with one attached hydrogen (secondary N) is 1. The Kier molecular flexibility index (Phi) is 5.14. The molecule has 1 saturated heterocycles. The first-order chi connectivity index (χ1) is 9.99. The minimum atomic E-state index is -1.00. The first-order valence-electron chi connectivity index (χ1n) is 6.99. The van der Waals surface area contributed by atoms with E-state index in [1.807, 2.05) is 0 Å². The predicted octanol–water partition coefficient (Wildman–Crippen LogP) is 1.25. The van der Waals surface area contributed by atoms with Crippen LogP contribution in [0.25, 0.3) is 0 Å². The van der Waals surface area contributed by atoms with Gasteiger partial charge in [0, 0.05) is 25.6 Å². The molecule has 2 atom stereocenters. The molecule has 5 nitrogen and oxygen atoms in total. The smallest absolute Gasteiger partial charge is 0.223 e. The van der Waals surface area contributed by atoms with Crippen molar-refractivity contribution in [3.8, 4) is 5.75 Å². The van der Waals surface area contributed by atoms with E-state index >= 15 is 0 Å². The molecule has 2 unspecified atom stereocenters. The maximum Gasteiger partial charge on any atom is 0.223 e. The van der Waals surface area contributed by atoms with Crippen LogP contribution in [0, 0.1) is 5.82 Å². The van der Waals surface area contributed by atoms with Crippen LogP contribution in [-0.4, -0.2) is 42.5 Å². The number of hydrogen-bond acceptors (Lipinski definition) is 4. The van der Waals surface area contributed by atoms with Crippen molar-refractivity contribution >= 4 is 5.91 Å². The van der Waals surface area contributed by atoms with E-state index in [9.17, 15) is 14.3 Å². The molecular weight excluding hydrogens is 277 g/mol. The summed E-state index contributed by atoms with van der Waals surface area (Å²) >= 11 is 0. The van der Waals surface area contributed by atoms with Crippen LogP contribution in [-0.2, 0) is 9.53 Å². The zero-order chi connectivity index (χ0) is 15.3. The SMILES string of the molecule is CC1OCCC1(O)CNC(=O)CCOc1cccc(F)c1. The number of amides is 1. The quantitative estimate of drug-likeness (QED) is 0.829. The lowest BCUT2D eigenvalue weighted by molar-refractivity contribution is -0.123. The molecule has 1 amide bonds. The number of rotatable bonds is 6. The van der Waals surface area contributed by atoms with Crippen molar-refractivity contribution in [1.29, 1.82) is 0 Å². The molecule has 1 aromatic rings. The summed E-state index contributed by atoms with van der Waals surface area (Å²) in [6, 6.07) is 5.76. The Morgan fingerprint density at radius 2 is 2.43 bits per heavy atom. The number of carbonyl (C=O) groups excluding carboxylic acids is 1. The number of aliphatic hydroxyl groups is 1. The lowest BCUT2D eigenvalue weighted by Gasteiger charge is -2.26. The van der Waals surface area contributed by atoms with Crippen molar-refractivity contribution < 1.29 is 23.8 Å². The summed E-state index contributed by atoms with van der Waals surface area (Å²) in [5.74, 6) is -0.215. The van der Waals surface area contributed by atoms with Crippen LogP contribution in [0.2, 0.25) is 0 Å². The lowest BCUT2D eigenvalue weighted by atomic mass is 9.97. The maximum absolute atomic E-state index is 12.9. The summed E-state index contributed by atoms with van der Waals surface area (Å²) in [6.07, 6.45) is 0.358. The number of benzene rings is 1. The highest BCUT2D eigenvalue weighted by molar-refractivity contribution is 5.76. The largest absolute Gasteiger partial charge is 0.493 e. The van der Waals surface area contributed by atoms with E-state index in [0.717, 1.165) is 0 Å². The molecule has 0 spiro atoms. The minimum absolute atomic E-state index is 0.141. The van der Waals surface area contributed by atoms with Gasteiger partial charge in [0.05, 0.1) is 19.1 Å². The maximum atomic E-state index is 12.9. The van der Waals surface area contributed by atoms with Crippen LogP contribution in [0.1, 0.15) is 19.8 Å². The van der Waals surface area contributed by atoms with Crippen LogP contribution in [0.3, 0.4) is 0 Å². The topological polar surface area (TPSA) is 67.8 Å². The highest BCUT2D eigenvalue weighted by Gasteiger charge is 2.39. The zero-order valence-corrected chi connectivity index (χ0v) is 12.0. The molecule has 2 N–H and O–H groups in total. The number of halogens is 1. The van der Waals surface area contributed by atoms with E-state index in [0.29, 0.717) is 18.8 Å². The van der Waals surface area contributed by atoms with Gasteiger partial charge in [0.15, 0.2) is 0 Å². The fourth-order valence-corrected chi connectivity index (χ4v) is 2.16. The second-order valence-electron chi connectivity index (χ2n) is 5.20. The normalized spacial score (nSPS) is 24.8. The molecule has 0 saturated carbocycles. The monoisotopic (exact) mass is 297 g/mol. The second kappa shape index (κ2) is 6.87. The molecule has 21 heavy (non-hydrogen) atoms. The Bertz CT molecular complexity index is 496. The Morgan fingerprint density at radius 1 is 1.62 bits per heavy atom. The molecular formula is C15H20FNO4. The van der Waals surface area contributed by atoms with Crippen LogP contribution in [0.15, 0.2) is 24.3 Å². The lowest BCUT2D eigenvalue weighted by Crippen LogP contribution is -2.47. The van der Waals surface area contributed by atoms with E-state index < -0.39 is 5.60 Å². The molecule has 0 aromatic heterocycles. The molecule has 1 heterocycles. The fraction of sp³-hybridized carbons (Fsp3) is 0.533. The summed E-state index contributed by atoms with van der Waals surface area (Å²) in [5, 5.41) is 12.9. The van der Waals surface area contributed by atoms with E-state index in [1.165, 1.54) is 12.1 Å². The molecule has 6 heteroatoms. The van der Waals surface area contributed by atoms with Crippen molar-refractivity contribution in [3.05, 3.63) is 30.1 Å².